The Balaban J connectivity index is 1.87. The third-order valence-corrected chi connectivity index (χ3v) is 6.09. The largest absolute Gasteiger partial charge is 0.507 e. The molecule has 1 fully saturated rings. The molecule has 0 saturated carbocycles. The van der Waals surface area contributed by atoms with E-state index in [0.29, 0.717) is 36.2 Å². The number of benzene rings is 2. The zero-order valence-corrected chi connectivity index (χ0v) is 21.2. The maximum absolute atomic E-state index is 13.4. The second-order valence-corrected chi connectivity index (χ2v) is 9.51. The summed E-state index contributed by atoms with van der Waals surface area (Å²) in [5.41, 5.74) is 1.77. The molecular formula is C29H31NO6. The average Bonchev–Trinajstić information content (AvgIpc) is 3.46. The summed E-state index contributed by atoms with van der Waals surface area (Å²) in [6.07, 6.45) is 1.47. The van der Waals surface area contributed by atoms with Crippen molar-refractivity contribution in [1.82, 2.24) is 0 Å². The number of amides is 1. The molecule has 4 rings (SSSR count). The number of anilines is 1. The van der Waals surface area contributed by atoms with Crippen molar-refractivity contribution >= 4 is 23.1 Å². The number of aliphatic hydroxyl groups is 1. The molecule has 1 atom stereocenters. The van der Waals surface area contributed by atoms with Crippen molar-refractivity contribution in [1.29, 1.82) is 0 Å². The summed E-state index contributed by atoms with van der Waals surface area (Å²) >= 11 is 0. The first-order valence-corrected chi connectivity index (χ1v) is 12.0. The van der Waals surface area contributed by atoms with Crippen LogP contribution in [0.1, 0.15) is 57.5 Å². The van der Waals surface area contributed by atoms with Crippen molar-refractivity contribution in [3.63, 3.8) is 0 Å². The van der Waals surface area contributed by atoms with Crippen LogP contribution in [-0.2, 0) is 15.0 Å². The van der Waals surface area contributed by atoms with Crippen LogP contribution in [0.2, 0.25) is 0 Å². The SMILES string of the molecule is CCOc1ccc(/C(O)=C2/C(=O)C(=O)N(c3ccc(C(C)(C)C)cc3)C2c2ccco2)c(OCC)c1. The van der Waals surface area contributed by atoms with E-state index in [1.165, 1.54) is 11.2 Å². The zero-order valence-electron chi connectivity index (χ0n) is 21.2. The van der Waals surface area contributed by atoms with E-state index in [1.54, 1.807) is 30.3 Å². The number of ketones is 1. The number of aliphatic hydroxyl groups excluding tert-OH is 1. The third-order valence-electron chi connectivity index (χ3n) is 6.09. The number of Topliss-reactive ketones (excluding diaryl/α,β-unsaturated/α-hetero) is 1. The van der Waals surface area contributed by atoms with Crippen LogP contribution in [0.3, 0.4) is 0 Å². The number of rotatable bonds is 7. The van der Waals surface area contributed by atoms with Crippen LogP contribution in [-0.4, -0.2) is 30.0 Å². The number of nitrogens with zero attached hydrogens (tertiary/aromatic N) is 1. The zero-order chi connectivity index (χ0) is 26.0. The van der Waals surface area contributed by atoms with Crippen LogP contribution in [0, 0.1) is 0 Å². The minimum absolute atomic E-state index is 0.0695. The van der Waals surface area contributed by atoms with E-state index in [0.717, 1.165) is 5.56 Å². The van der Waals surface area contributed by atoms with E-state index >= 15 is 0 Å². The molecular weight excluding hydrogens is 458 g/mol. The van der Waals surface area contributed by atoms with Crippen molar-refractivity contribution < 1.29 is 28.6 Å². The number of furan rings is 1. The highest BCUT2D eigenvalue weighted by atomic mass is 16.5. The molecule has 1 aliphatic heterocycles. The summed E-state index contributed by atoms with van der Waals surface area (Å²) in [4.78, 5) is 28.1. The number of ether oxygens (including phenoxy) is 2. The summed E-state index contributed by atoms with van der Waals surface area (Å²) in [7, 11) is 0. The molecule has 0 radical (unpaired) electrons. The highest BCUT2D eigenvalue weighted by Crippen LogP contribution is 2.44. The topological polar surface area (TPSA) is 89.2 Å². The van der Waals surface area contributed by atoms with Crippen molar-refractivity contribution in [2.45, 2.75) is 46.1 Å². The summed E-state index contributed by atoms with van der Waals surface area (Å²) in [5.74, 6) is -0.607. The second kappa shape index (κ2) is 9.93. The Kier molecular flexibility index (Phi) is 6.93. The van der Waals surface area contributed by atoms with Crippen LogP contribution in [0.15, 0.2) is 70.9 Å². The van der Waals surface area contributed by atoms with E-state index in [-0.39, 0.29) is 22.3 Å². The lowest BCUT2D eigenvalue weighted by atomic mass is 9.87. The minimum atomic E-state index is -0.943. The predicted octanol–water partition coefficient (Wildman–Crippen LogP) is 6.00. The lowest BCUT2D eigenvalue weighted by Gasteiger charge is -2.25. The van der Waals surface area contributed by atoms with Crippen LogP contribution in [0.25, 0.3) is 5.76 Å². The first-order chi connectivity index (χ1) is 17.2. The number of carbonyl (C=O) groups is 2. The highest BCUT2D eigenvalue weighted by molar-refractivity contribution is 6.51. The van der Waals surface area contributed by atoms with Gasteiger partial charge >= 0.3 is 0 Å². The van der Waals surface area contributed by atoms with Crippen molar-refractivity contribution in [2.24, 2.45) is 0 Å². The number of hydrogen-bond acceptors (Lipinski definition) is 6. The average molecular weight is 490 g/mol. The molecule has 1 unspecified atom stereocenters. The molecule has 1 saturated heterocycles. The second-order valence-electron chi connectivity index (χ2n) is 9.51. The lowest BCUT2D eigenvalue weighted by Crippen LogP contribution is -2.29. The summed E-state index contributed by atoms with van der Waals surface area (Å²) in [6, 6.07) is 14.9. The predicted molar refractivity (Wildman–Crippen MR) is 137 cm³/mol. The molecule has 36 heavy (non-hydrogen) atoms. The monoisotopic (exact) mass is 489 g/mol. The molecule has 2 heterocycles. The van der Waals surface area contributed by atoms with Gasteiger partial charge in [0.25, 0.3) is 11.7 Å². The summed E-state index contributed by atoms with van der Waals surface area (Å²) in [6.45, 7) is 10.8. The Labute approximate surface area is 210 Å². The van der Waals surface area contributed by atoms with Gasteiger partial charge in [-0.05, 0) is 61.2 Å². The van der Waals surface area contributed by atoms with Gasteiger partial charge < -0.3 is 19.0 Å². The molecule has 0 bridgehead atoms. The number of carbonyl (C=O) groups excluding carboxylic acids is 2. The Bertz CT molecular complexity index is 1280. The molecule has 3 aromatic rings. The van der Waals surface area contributed by atoms with Crippen molar-refractivity contribution in [3.05, 3.63) is 83.3 Å². The quantitative estimate of drug-likeness (QED) is 0.249. The smallest absolute Gasteiger partial charge is 0.300 e. The first kappa shape index (κ1) is 25.1. The van der Waals surface area contributed by atoms with Gasteiger partial charge in [-0.3, -0.25) is 14.5 Å². The maximum atomic E-state index is 13.4. The molecule has 1 amide bonds. The van der Waals surface area contributed by atoms with Gasteiger partial charge in [-0.15, -0.1) is 0 Å². The first-order valence-electron chi connectivity index (χ1n) is 12.0. The van der Waals surface area contributed by atoms with Gasteiger partial charge in [0.15, 0.2) is 0 Å². The Hall–Kier alpha value is -4.00. The van der Waals surface area contributed by atoms with Gasteiger partial charge in [-0.2, -0.15) is 0 Å². The van der Waals surface area contributed by atoms with Crippen LogP contribution < -0.4 is 14.4 Å². The molecule has 7 nitrogen and oxygen atoms in total. The van der Waals surface area contributed by atoms with E-state index in [1.807, 2.05) is 38.1 Å². The van der Waals surface area contributed by atoms with Crippen LogP contribution in [0.5, 0.6) is 11.5 Å². The van der Waals surface area contributed by atoms with E-state index in [4.69, 9.17) is 13.9 Å². The molecule has 1 aliphatic rings. The minimum Gasteiger partial charge on any atom is -0.507 e. The van der Waals surface area contributed by atoms with Gasteiger partial charge in [0, 0.05) is 11.8 Å². The highest BCUT2D eigenvalue weighted by Gasteiger charge is 2.48. The molecule has 2 aromatic carbocycles. The molecule has 0 spiro atoms. The van der Waals surface area contributed by atoms with E-state index in [9.17, 15) is 14.7 Å². The molecule has 7 heteroatoms. The van der Waals surface area contributed by atoms with Gasteiger partial charge in [-0.1, -0.05) is 32.9 Å². The fourth-order valence-corrected chi connectivity index (χ4v) is 4.31. The Morgan fingerprint density at radius 3 is 2.28 bits per heavy atom. The Morgan fingerprint density at radius 1 is 1.00 bits per heavy atom. The van der Waals surface area contributed by atoms with Crippen molar-refractivity contribution in [2.75, 3.05) is 18.1 Å². The summed E-state index contributed by atoms with van der Waals surface area (Å²) < 4.78 is 16.9. The van der Waals surface area contributed by atoms with Gasteiger partial charge in [-0.25, -0.2) is 0 Å². The van der Waals surface area contributed by atoms with Gasteiger partial charge in [0.05, 0.1) is 30.6 Å². The van der Waals surface area contributed by atoms with E-state index in [2.05, 4.69) is 20.8 Å². The van der Waals surface area contributed by atoms with Crippen molar-refractivity contribution in [3.8, 4) is 11.5 Å². The van der Waals surface area contributed by atoms with Gasteiger partial charge in [0.2, 0.25) is 0 Å². The normalized spacial score (nSPS) is 17.5. The maximum Gasteiger partial charge on any atom is 0.300 e. The van der Waals surface area contributed by atoms with Crippen LogP contribution >= 0.6 is 0 Å². The summed E-state index contributed by atoms with van der Waals surface area (Å²) in [5, 5.41) is 11.4. The fraction of sp³-hybridized carbons (Fsp3) is 0.310. The molecule has 1 aromatic heterocycles. The standard InChI is InChI=1S/C29H31NO6/c1-6-34-20-14-15-21(23(17-20)35-7-2)26(31)24-25(22-9-8-16-36-22)30(28(33)27(24)32)19-12-10-18(11-13-19)29(3,4)5/h8-17,25,31H,6-7H2,1-5H3/b26-24-. The number of hydrogen-bond donors (Lipinski definition) is 1. The fourth-order valence-electron chi connectivity index (χ4n) is 4.31. The third kappa shape index (κ3) is 4.61. The molecule has 1 N–H and O–H groups in total. The van der Waals surface area contributed by atoms with Gasteiger partial charge in [0.1, 0.15) is 29.1 Å². The van der Waals surface area contributed by atoms with Crippen LogP contribution in [0.4, 0.5) is 5.69 Å². The Morgan fingerprint density at radius 2 is 1.69 bits per heavy atom. The lowest BCUT2D eigenvalue weighted by molar-refractivity contribution is -0.132. The molecule has 0 aliphatic carbocycles. The molecule has 188 valence electrons. The van der Waals surface area contributed by atoms with E-state index < -0.39 is 17.7 Å².